The maximum Gasteiger partial charge on any atom is 0.261 e. The summed E-state index contributed by atoms with van der Waals surface area (Å²) in [4.78, 5) is 15.6. The van der Waals surface area contributed by atoms with Crippen LogP contribution in [0.4, 0.5) is 20.2 Å². The van der Waals surface area contributed by atoms with Crippen molar-refractivity contribution in [2.24, 2.45) is 0 Å². The molecule has 0 aliphatic heterocycles. The molecule has 0 radical (unpaired) electrons. The molecule has 3 aromatic rings. The van der Waals surface area contributed by atoms with Crippen LogP contribution in [0.25, 0.3) is 0 Å². The van der Waals surface area contributed by atoms with Gasteiger partial charge in [0, 0.05) is 11.4 Å². The molecular weight excluding hydrogens is 392 g/mol. The van der Waals surface area contributed by atoms with E-state index in [9.17, 15) is 22.0 Å². The summed E-state index contributed by atoms with van der Waals surface area (Å²) in [6.45, 7) is 1.65. The Morgan fingerprint density at radius 1 is 1.07 bits per heavy atom. The van der Waals surface area contributed by atoms with Crippen LogP contribution in [-0.4, -0.2) is 29.1 Å². The first-order chi connectivity index (χ1) is 13.3. The molecule has 1 amide bonds. The Morgan fingerprint density at radius 3 is 2.36 bits per heavy atom. The van der Waals surface area contributed by atoms with Gasteiger partial charge in [-0.25, -0.2) is 26.9 Å². The van der Waals surface area contributed by atoms with E-state index in [0.717, 1.165) is 12.1 Å². The standard InChI is InChI=1S/C17H15F2N5O3S/c1-11(24-10-20-9-21-24)17(25)22-12-2-4-13(5-3-12)23-28(26,27)14-6-7-15(18)16(19)8-14/h2-11,23H,1H3,(H,22,25). The van der Waals surface area contributed by atoms with Crippen molar-refractivity contribution in [2.45, 2.75) is 17.9 Å². The first-order valence-corrected chi connectivity index (χ1v) is 9.47. The molecule has 0 saturated heterocycles. The predicted molar refractivity (Wildman–Crippen MR) is 97.0 cm³/mol. The number of nitrogens with one attached hydrogen (secondary N) is 2. The van der Waals surface area contributed by atoms with Gasteiger partial charge in [-0.05, 0) is 49.4 Å². The molecule has 28 heavy (non-hydrogen) atoms. The van der Waals surface area contributed by atoms with Crippen molar-refractivity contribution >= 4 is 27.3 Å². The average Bonchev–Trinajstić information content (AvgIpc) is 3.19. The largest absolute Gasteiger partial charge is 0.324 e. The van der Waals surface area contributed by atoms with Crippen molar-refractivity contribution in [3.05, 3.63) is 66.8 Å². The molecule has 0 spiro atoms. The number of sulfonamides is 1. The van der Waals surface area contributed by atoms with Gasteiger partial charge in [0.2, 0.25) is 5.91 Å². The second-order valence-corrected chi connectivity index (χ2v) is 7.48. The van der Waals surface area contributed by atoms with Crippen molar-refractivity contribution < 1.29 is 22.0 Å². The van der Waals surface area contributed by atoms with Crippen molar-refractivity contribution in [1.82, 2.24) is 14.8 Å². The zero-order chi connectivity index (χ0) is 20.3. The van der Waals surface area contributed by atoms with Crippen LogP contribution in [0, 0.1) is 11.6 Å². The zero-order valence-corrected chi connectivity index (χ0v) is 15.3. The first-order valence-electron chi connectivity index (χ1n) is 7.99. The maximum atomic E-state index is 13.3. The van der Waals surface area contributed by atoms with E-state index in [2.05, 4.69) is 20.1 Å². The molecule has 1 aromatic heterocycles. The number of rotatable bonds is 6. The highest BCUT2D eigenvalue weighted by Crippen LogP contribution is 2.20. The third-order valence-corrected chi connectivity index (χ3v) is 5.20. The second-order valence-electron chi connectivity index (χ2n) is 5.80. The molecule has 0 aliphatic carbocycles. The molecule has 0 fully saturated rings. The number of amides is 1. The van der Waals surface area contributed by atoms with Gasteiger partial charge in [0.25, 0.3) is 10.0 Å². The van der Waals surface area contributed by atoms with Crippen LogP contribution in [0.3, 0.4) is 0 Å². The summed E-state index contributed by atoms with van der Waals surface area (Å²) in [6.07, 6.45) is 2.73. The number of hydrogen-bond acceptors (Lipinski definition) is 5. The van der Waals surface area contributed by atoms with Gasteiger partial charge in [0.15, 0.2) is 11.6 Å². The number of carbonyl (C=O) groups is 1. The lowest BCUT2D eigenvalue weighted by Gasteiger charge is -2.13. The minimum atomic E-state index is -4.09. The summed E-state index contributed by atoms with van der Waals surface area (Å²) in [5.74, 6) is -2.73. The predicted octanol–water partition coefficient (Wildman–Crippen LogP) is 2.56. The summed E-state index contributed by atoms with van der Waals surface area (Å²) in [5, 5.41) is 6.56. The summed E-state index contributed by atoms with van der Waals surface area (Å²) in [7, 11) is -4.09. The first kappa shape index (κ1) is 19.4. The number of aromatic nitrogens is 3. The number of nitrogens with zero attached hydrogens (tertiary/aromatic N) is 3. The quantitative estimate of drug-likeness (QED) is 0.653. The average molecular weight is 407 g/mol. The van der Waals surface area contributed by atoms with Gasteiger partial charge in [-0.1, -0.05) is 0 Å². The Kier molecular flexibility index (Phi) is 5.36. The van der Waals surface area contributed by atoms with Crippen LogP contribution in [0.2, 0.25) is 0 Å². The van der Waals surface area contributed by atoms with Gasteiger partial charge in [0.1, 0.15) is 18.7 Å². The highest BCUT2D eigenvalue weighted by Gasteiger charge is 2.18. The zero-order valence-electron chi connectivity index (χ0n) is 14.5. The fraction of sp³-hybridized carbons (Fsp3) is 0.118. The van der Waals surface area contributed by atoms with E-state index in [4.69, 9.17) is 0 Å². The number of benzene rings is 2. The lowest BCUT2D eigenvalue weighted by atomic mass is 10.2. The molecule has 1 unspecified atom stereocenters. The van der Waals surface area contributed by atoms with Crippen LogP contribution in [0.5, 0.6) is 0 Å². The Bertz CT molecular complexity index is 1090. The van der Waals surface area contributed by atoms with Crippen LogP contribution >= 0.6 is 0 Å². The van der Waals surface area contributed by atoms with Gasteiger partial charge >= 0.3 is 0 Å². The summed E-state index contributed by atoms with van der Waals surface area (Å²) >= 11 is 0. The van der Waals surface area contributed by atoms with Gasteiger partial charge in [0.05, 0.1) is 4.90 Å². The van der Waals surface area contributed by atoms with Crippen molar-refractivity contribution in [3.8, 4) is 0 Å². The van der Waals surface area contributed by atoms with Gasteiger partial charge in [-0.2, -0.15) is 5.10 Å². The smallest absolute Gasteiger partial charge is 0.261 e. The van der Waals surface area contributed by atoms with Crippen LogP contribution < -0.4 is 10.0 Å². The van der Waals surface area contributed by atoms with Crippen molar-refractivity contribution in [2.75, 3.05) is 10.0 Å². The number of carbonyl (C=O) groups excluding carboxylic acids is 1. The highest BCUT2D eigenvalue weighted by molar-refractivity contribution is 7.92. The topological polar surface area (TPSA) is 106 Å². The summed E-state index contributed by atoms with van der Waals surface area (Å²) in [5.41, 5.74) is 0.625. The maximum absolute atomic E-state index is 13.3. The lowest BCUT2D eigenvalue weighted by Crippen LogP contribution is -2.24. The third kappa shape index (κ3) is 4.31. The van der Waals surface area contributed by atoms with Crippen LogP contribution in [0.1, 0.15) is 13.0 Å². The van der Waals surface area contributed by atoms with E-state index < -0.39 is 32.6 Å². The monoisotopic (exact) mass is 407 g/mol. The Morgan fingerprint density at radius 2 is 1.75 bits per heavy atom. The molecule has 11 heteroatoms. The molecule has 3 rings (SSSR count). The summed E-state index contributed by atoms with van der Waals surface area (Å²) in [6, 6.07) is 7.54. The molecule has 2 aromatic carbocycles. The Hall–Kier alpha value is -3.34. The molecule has 2 N–H and O–H groups in total. The minimum Gasteiger partial charge on any atom is -0.324 e. The molecule has 146 valence electrons. The van der Waals surface area contributed by atoms with E-state index in [1.165, 1.54) is 41.6 Å². The lowest BCUT2D eigenvalue weighted by molar-refractivity contribution is -0.119. The second kappa shape index (κ2) is 7.72. The highest BCUT2D eigenvalue weighted by atomic mass is 32.2. The van der Waals surface area contributed by atoms with Crippen molar-refractivity contribution in [3.63, 3.8) is 0 Å². The van der Waals surface area contributed by atoms with Crippen molar-refractivity contribution in [1.29, 1.82) is 0 Å². The molecule has 0 aliphatic rings. The fourth-order valence-corrected chi connectivity index (χ4v) is 3.33. The molecule has 0 saturated carbocycles. The molecule has 8 nitrogen and oxygen atoms in total. The number of halogens is 2. The normalized spacial score (nSPS) is 12.4. The van der Waals surface area contributed by atoms with E-state index in [0.29, 0.717) is 11.8 Å². The van der Waals surface area contributed by atoms with Crippen LogP contribution in [0.15, 0.2) is 60.0 Å². The van der Waals surface area contributed by atoms with Gasteiger partial charge in [-0.15, -0.1) is 0 Å². The summed E-state index contributed by atoms with van der Waals surface area (Å²) < 4.78 is 54.4. The SMILES string of the molecule is CC(C(=O)Nc1ccc(NS(=O)(=O)c2ccc(F)c(F)c2)cc1)n1cncn1. The van der Waals surface area contributed by atoms with E-state index in [-0.39, 0.29) is 11.6 Å². The Balaban J connectivity index is 1.68. The minimum absolute atomic E-state index is 0.187. The number of anilines is 2. The molecule has 1 atom stereocenters. The molecular formula is C17H15F2N5O3S. The van der Waals surface area contributed by atoms with Gasteiger partial charge < -0.3 is 5.32 Å². The molecule has 0 bridgehead atoms. The fourth-order valence-electron chi connectivity index (χ4n) is 2.26. The molecule has 1 heterocycles. The third-order valence-electron chi connectivity index (χ3n) is 3.82. The van der Waals surface area contributed by atoms with Gasteiger partial charge in [-0.3, -0.25) is 9.52 Å². The number of hydrogen-bond donors (Lipinski definition) is 2. The Labute approximate surface area is 159 Å². The van der Waals surface area contributed by atoms with E-state index in [1.807, 2.05) is 0 Å². The van der Waals surface area contributed by atoms with E-state index >= 15 is 0 Å². The van der Waals surface area contributed by atoms with Crippen LogP contribution in [-0.2, 0) is 14.8 Å². The van der Waals surface area contributed by atoms with E-state index in [1.54, 1.807) is 6.92 Å².